The summed E-state index contributed by atoms with van der Waals surface area (Å²) < 4.78 is 11.4. The molecule has 7 nitrogen and oxygen atoms in total. The average Bonchev–Trinajstić information content (AvgIpc) is 2.87. The molecule has 1 aromatic heterocycles. The lowest BCUT2D eigenvalue weighted by Gasteiger charge is -2.36. The summed E-state index contributed by atoms with van der Waals surface area (Å²) in [6, 6.07) is 16.4. The van der Waals surface area contributed by atoms with Gasteiger partial charge in [0.1, 0.15) is 12.6 Å². The van der Waals surface area contributed by atoms with E-state index in [2.05, 4.69) is 10.3 Å². The highest BCUT2D eigenvalue weighted by atomic mass is 16.5. The number of amides is 2. The highest BCUT2D eigenvalue weighted by Crippen LogP contribution is 2.32. The first-order chi connectivity index (χ1) is 16.9. The Balaban J connectivity index is 1.53. The van der Waals surface area contributed by atoms with E-state index in [1.165, 1.54) is 0 Å². The van der Waals surface area contributed by atoms with Crippen LogP contribution < -0.4 is 14.8 Å². The van der Waals surface area contributed by atoms with Crippen molar-refractivity contribution in [2.45, 2.75) is 45.9 Å². The van der Waals surface area contributed by atoms with Gasteiger partial charge in [0.25, 0.3) is 0 Å². The Morgan fingerprint density at radius 2 is 1.80 bits per heavy atom. The number of nitrogens with zero attached hydrogens (tertiary/aromatic N) is 2. The fraction of sp³-hybridized carbons (Fsp3) is 0.321. The van der Waals surface area contributed by atoms with Crippen LogP contribution in [0.1, 0.15) is 37.0 Å². The minimum absolute atomic E-state index is 0.00856. The molecule has 4 rings (SSSR count). The normalized spacial score (nSPS) is 14.9. The molecule has 1 atom stereocenters. The van der Waals surface area contributed by atoms with Crippen molar-refractivity contribution in [2.24, 2.45) is 5.92 Å². The molecule has 3 aromatic rings. The fourth-order valence-corrected chi connectivity index (χ4v) is 4.22. The van der Waals surface area contributed by atoms with Crippen LogP contribution in [0.15, 0.2) is 67.0 Å². The van der Waals surface area contributed by atoms with E-state index >= 15 is 0 Å². The predicted octanol–water partition coefficient (Wildman–Crippen LogP) is 4.61. The molecule has 0 spiro atoms. The lowest BCUT2D eigenvalue weighted by Crippen LogP contribution is -2.50. The van der Waals surface area contributed by atoms with Crippen molar-refractivity contribution in [1.29, 1.82) is 0 Å². The summed E-state index contributed by atoms with van der Waals surface area (Å²) in [6.07, 6.45) is 4.30. The summed E-state index contributed by atoms with van der Waals surface area (Å²) in [5.74, 6) is 1.07. The number of carbonyl (C=O) groups is 2. The van der Waals surface area contributed by atoms with Gasteiger partial charge in [0, 0.05) is 43.5 Å². The second kappa shape index (κ2) is 11.0. The van der Waals surface area contributed by atoms with E-state index in [9.17, 15) is 9.59 Å². The van der Waals surface area contributed by atoms with Crippen molar-refractivity contribution >= 4 is 17.5 Å². The van der Waals surface area contributed by atoms with Crippen LogP contribution in [0.25, 0.3) is 0 Å². The molecule has 0 aliphatic carbocycles. The third-order valence-electron chi connectivity index (χ3n) is 6.03. The van der Waals surface area contributed by atoms with E-state index in [4.69, 9.17) is 9.47 Å². The Bertz CT molecular complexity index is 1180. The zero-order valence-electron chi connectivity index (χ0n) is 20.4. The van der Waals surface area contributed by atoms with Crippen molar-refractivity contribution in [3.05, 3.63) is 83.7 Å². The minimum Gasteiger partial charge on any atom is -0.493 e. The van der Waals surface area contributed by atoms with Gasteiger partial charge in [-0.2, -0.15) is 0 Å². The average molecular weight is 474 g/mol. The summed E-state index contributed by atoms with van der Waals surface area (Å²) in [5, 5.41) is 2.99. The van der Waals surface area contributed by atoms with Crippen molar-refractivity contribution < 1.29 is 19.1 Å². The number of hydrogen-bond acceptors (Lipinski definition) is 5. The summed E-state index contributed by atoms with van der Waals surface area (Å²) in [6.45, 7) is 4.79. The number of fused-ring (bicyclic) bond motifs is 1. The minimum atomic E-state index is -0.584. The van der Waals surface area contributed by atoms with Crippen LogP contribution >= 0.6 is 0 Å². The SMILES string of the molecule is COc1ccc(NC(=O)C2Cc3ccccc3CN2C(=O)CC(C)C)cc1OCc1ccncc1. The molecule has 2 heterocycles. The molecule has 1 unspecified atom stereocenters. The Labute approximate surface area is 206 Å². The molecule has 0 bridgehead atoms. The Morgan fingerprint density at radius 3 is 2.51 bits per heavy atom. The molecule has 182 valence electrons. The molecule has 35 heavy (non-hydrogen) atoms. The van der Waals surface area contributed by atoms with E-state index in [-0.39, 0.29) is 17.7 Å². The molecular formula is C28H31N3O4. The van der Waals surface area contributed by atoms with Crippen LogP contribution in [0.3, 0.4) is 0 Å². The number of carbonyl (C=O) groups excluding carboxylic acids is 2. The van der Waals surface area contributed by atoms with Gasteiger partial charge in [0.05, 0.1) is 7.11 Å². The van der Waals surface area contributed by atoms with Crippen LogP contribution in [-0.2, 0) is 29.2 Å². The molecule has 2 aromatic carbocycles. The van der Waals surface area contributed by atoms with E-state index < -0.39 is 6.04 Å². The standard InChI is InChI=1S/C28H31N3O4/c1-19(2)14-27(32)31-17-22-7-5-4-6-21(22)15-24(31)28(33)30-23-8-9-25(34-3)26(16-23)35-18-20-10-12-29-13-11-20/h4-13,16,19,24H,14-15,17-18H2,1-3H3,(H,30,33). The van der Waals surface area contributed by atoms with Gasteiger partial charge < -0.3 is 19.7 Å². The number of rotatable bonds is 8. The molecule has 0 saturated heterocycles. The van der Waals surface area contributed by atoms with Crippen LogP contribution in [-0.4, -0.2) is 34.8 Å². The molecule has 0 saturated carbocycles. The first-order valence-electron chi connectivity index (χ1n) is 11.8. The number of nitrogens with one attached hydrogen (secondary N) is 1. The largest absolute Gasteiger partial charge is 0.493 e. The number of ether oxygens (including phenoxy) is 2. The number of hydrogen-bond donors (Lipinski definition) is 1. The fourth-order valence-electron chi connectivity index (χ4n) is 4.22. The molecule has 7 heteroatoms. The monoisotopic (exact) mass is 473 g/mol. The Hall–Kier alpha value is -3.87. The highest BCUT2D eigenvalue weighted by molar-refractivity contribution is 5.98. The number of anilines is 1. The number of pyridine rings is 1. The number of benzene rings is 2. The van der Waals surface area contributed by atoms with E-state index in [1.54, 1.807) is 42.6 Å². The van der Waals surface area contributed by atoms with Crippen LogP contribution in [0.4, 0.5) is 5.69 Å². The van der Waals surface area contributed by atoms with Gasteiger partial charge in [-0.1, -0.05) is 38.1 Å². The maximum absolute atomic E-state index is 13.4. The van der Waals surface area contributed by atoms with E-state index in [1.807, 2.05) is 50.2 Å². The maximum atomic E-state index is 13.4. The first kappa shape index (κ1) is 24.3. The van der Waals surface area contributed by atoms with Gasteiger partial charge in [0.2, 0.25) is 11.8 Å². The molecule has 1 aliphatic heterocycles. The summed E-state index contributed by atoms with van der Waals surface area (Å²) in [4.78, 5) is 32.2. The third kappa shape index (κ3) is 5.98. The molecular weight excluding hydrogens is 442 g/mol. The zero-order chi connectivity index (χ0) is 24.8. The van der Waals surface area contributed by atoms with Crippen molar-refractivity contribution in [3.8, 4) is 11.5 Å². The van der Waals surface area contributed by atoms with E-state index in [0.29, 0.717) is 43.2 Å². The lowest BCUT2D eigenvalue weighted by molar-refractivity contribution is -0.140. The summed E-state index contributed by atoms with van der Waals surface area (Å²) >= 11 is 0. The molecule has 1 N–H and O–H groups in total. The molecule has 2 amide bonds. The first-order valence-corrected chi connectivity index (χ1v) is 11.8. The van der Waals surface area contributed by atoms with Gasteiger partial charge in [0.15, 0.2) is 11.5 Å². The smallest absolute Gasteiger partial charge is 0.247 e. The summed E-state index contributed by atoms with van der Waals surface area (Å²) in [5.41, 5.74) is 3.73. The van der Waals surface area contributed by atoms with Gasteiger partial charge in [-0.25, -0.2) is 0 Å². The lowest BCUT2D eigenvalue weighted by atomic mass is 9.92. The maximum Gasteiger partial charge on any atom is 0.247 e. The quantitative estimate of drug-likeness (QED) is 0.517. The van der Waals surface area contributed by atoms with E-state index in [0.717, 1.165) is 16.7 Å². The summed E-state index contributed by atoms with van der Waals surface area (Å²) in [7, 11) is 1.57. The zero-order valence-corrected chi connectivity index (χ0v) is 20.4. The second-order valence-electron chi connectivity index (χ2n) is 9.11. The Morgan fingerprint density at radius 1 is 1.06 bits per heavy atom. The van der Waals surface area contributed by atoms with Gasteiger partial charge >= 0.3 is 0 Å². The van der Waals surface area contributed by atoms with Crippen molar-refractivity contribution in [1.82, 2.24) is 9.88 Å². The Kier molecular flexibility index (Phi) is 7.65. The predicted molar refractivity (Wildman–Crippen MR) is 134 cm³/mol. The molecule has 0 radical (unpaired) electrons. The van der Waals surface area contributed by atoms with Crippen molar-refractivity contribution in [2.75, 3.05) is 12.4 Å². The van der Waals surface area contributed by atoms with Crippen LogP contribution in [0, 0.1) is 5.92 Å². The number of methoxy groups -OCH3 is 1. The van der Waals surface area contributed by atoms with Gasteiger partial charge in [-0.3, -0.25) is 14.6 Å². The second-order valence-corrected chi connectivity index (χ2v) is 9.11. The number of aromatic nitrogens is 1. The molecule has 0 fully saturated rings. The molecule has 1 aliphatic rings. The van der Waals surface area contributed by atoms with Gasteiger partial charge in [-0.15, -0.1) is 0 Å². The third-order valence-corrected chi connectivity index (χ3v) is 6.03. The van der Waals surface area contributed by atoms with Crippen molar-refractivity contribution in [3.63, 3.8) is 0 Å². The van der Waals surface area contributed by atoms with Gasteiger partial charge in [-0.05, 0) is 46.9 Å². The van der Waals surface area contributed by atoms with Crippen LogP contribution in [0.2, 0.25) is 0 Å². The topological polar surface area (TPSA) is 80.8 Å². The highest BCUT2D eigenvalue weighted by Gasteiger charge is 2.34. The van der Waals surface area contributed by atoms with Crippen LogP contribution in [0.5, 0.6) is 11.5 Å².